The number of carbonyl (C=O) groups is 1. The van der Waals surface area contributed by atoms with Gasteiger partial charge in [0.1, 0.15) is 5.75 Å². The zero-order valence-electron chi connectivity index (χ0n) is 11.4. The molecule has 3 nitrogen and oxygen atoms in total. The molecule has 1 aliphatic rings. The molecule has 0 aromatic heterocycles. The Morgan fingerprint density at radius 2 is 1.67 bits per heavy atom. The highest BCUT2D eigenvalue weighted by atomic mass is 32.2. The van der Waals surface area contributed by atoms with Crippen LogP contribution in [0.15, 0.2) is 77.8 Å². The molecule has 0 bridgehead atoms. The average Bonchev–Trinajstić information content (AvgIpc) is 2.53. The maximum atomic E-state index is 12.5. The fourth-order valence-electron chi connectivity index (χ4n) is 2.03. The van der Waals surface area contributed by atoms with E-state index in [1.165, 1.54) is 11.9 Å². The van der Waals surface area contributed by atoms with Crippen molar-refractivity contribution in [3.05, 3.63) is 72.9 Å². The summed E-state index contributed by atoms with van der Waals surface area (Å²) in [5.41, 5.74) is 0. The molecule has 1 unspecified atom stereocenters. The van der Waals surface area contributed by atoms with Crippen molar-refractivity contribution >= 4 is 17.9 Å². The van der Waals surface area contributed by atoms with Crippen molar-refractivity contribution in [3.8, 4) is 5.75 Å². The van der Waals surface area contributed by atoms with Crippen LogP contribution in [0.4, 0.5) is 0 Å². The normalized spacial score (nSPS) is 17.8. The second kappa shape index (κ2) is 6.50. The molecular weight excluding hydrogens is 282 g/mol. The van der Waals surface area contributed by atoms with E-state index in [0.717, 1.165) is 10.6 Å². The van der Waals surface area contributed by atoms with E-state index in [4.69, 9.17) is 4.74 Å². The third-order valence-electron chi connectivity index (χ3n) is 3.05. The van der Waals surface area contributed by atoms with E-state index in [-0.39, 0.29) is 5.91 Å². The molecule has 0 radical (unpaired) electrons. The lowest BCUT2D eigenvalue weighted by Gasteiger charge is -2.26. The SMILES string of the molecule is O=C1C(Oc2ccccc2)CC=CN1Sc1ccccc1. The first-order chi connectivity index (χ1) is 10.3. The molecular formula is C17H15NO2S. The Balaban J connectivity index is 1.69. The first-order valence-electron chi connectivity index (χ1n) is 6.77. The number of benzene rings is 2. The highest BCUT2D eigenvalue weighted by Gasteiger charge is 2.28. The predicted octanol–water partition coefficient (Wildman–Crippen LogP) is 3.89. The lowest BCUT2D eigenvalue weighted by molar-refractivity contribution is -0.132. The molecule has 3 rings (SSSR count). The third-order valence-corrected chi connectivity index (χ3v) is 4.03. The summed E-state index contributed by atoms with van der Waals surface area (Å²) in [5.74, 6) is 0.686. The number of carbonyl (C=O) groups excluding carboxylic acids is 1. The van der Waals surface area contributed by atoms with Crippen molar-refractivity contribution in [1.29, 1.82) is 0 Å². The van der Waals surface area contributed by atoms with Crippen molar-refractivity contribution < 1.29 is 9.53 Å². The fraction of sp³-hybridized carbons (Fsp3) is 0.118. The number of nitrogens with zero attached hydrogens (tertiary/aromatic N) is 1. The molecule has 2 aromatic carbocycles. The Bertz CT molecular complexity index is 628. The number of hydrogen-bond acceptors (Lipinski definition) is 3. The van der Waals surface area contributed by atoms with Crippen LogP contribution < -0.4 is 4.74 Å². The van der Waals surface area contributed by atoms with Gasteiger partial charge in [0.25, 0.3) is 5.91 Å². The Kier molecular flexibility index (Phi) is 4.26. The zero-order valence-corrected chi connectivity index (χ0v) is 12.2. The van der Waals surface area contributed by atoms with E-state index < -0.39 is 6.10 Å². The van der Waals surface area contributed by atoms with Crippen LogP contribution >= 0.6 is 11.9 Å². The van der Waals surface area contributed by atoms with Crippen molar-refractivity contribution in [3.63, 3.8) is 0 Å². The molecule has 0 spiro atoms. The second-order valence-corrected chi connectivity index (χ2v) is 5.66. The van der Waals surface area contributed by atoms with Crippen LogP contribution in [0.1, 0.15) is 6.42 Å². The molecule has 1 amide bonds. The lowest BCUT2D eigenvalue weighted by atomic mass is 10.2. The number of ether oxygens (including phenoxy) is 1. The van der Waals surface area contributed by atoms with Crippen LogP contribution in [0.5, 0.6) is 5.75 Å². The van der Waals surface area contributed by atoms with Crippen LogP contribution in [0.3, 0.4) is 0 Å². The highest BCUT2D eigenvalue weighted by Crippen LogP contribution is 2.27. The summed E-state index contributed by atoms with van der Waals surface area (Å²) in [7, 11) is 0. The maximum Gasteiger partial charge on any atom is 0.278 e. The number of para-hydroxylation sites is 1. The van der Waals surface area contributed by atoms with Gasteiger partial charge in [-0.15, -0.1) is 0 Å². The molecule has 1 aliphatic heterocycles. The van der Waals surface area contributed by atoms with Crippen LogP contribution in [0, 0.1) is 0 Å². The van der Waals surface area contributed by atoms with Crippen LogP contribution in [0.2, 0.25) is 0 Å². The van der Waals surface area contributed by atoms with E-state index in [2.05, 4.69) is 0 Å². The maximum absolute atomic E-state index is 12.5. The Hall–Kier alpha value is -2.20. The summed E-state index contributed by atoms with van der Waals surface area (Å²) in [5, 5.41) is 0. The molecule has 4 heteroatoms. The summed E-state index contributed by atoms with van der Waals surface area (Å²) < 4.78 is 7.41. The predicted molar refractivity (Wildman–Crippen MR) is 83.8 cm³/mol. The van der Waals surface area contributed by atoms with Gasteiger partial charge < -0.3 is 4.74 Å². The summed E-state index contributed by atoms with van der Waals surface area (Å²) in [4.78, 5) is 13.5. The van der Waals surface area contributed by atoms with Crippen LogP contribution in [-0.2, 0) is 4.79 Å². The van der Waals surface area contributed by atoms with Gasteiger partial charge in [0.05, 0.1) is 0 Å². The van der Waals surface area contributed by atoms with E-state index >= 15 is 0 Å². The molecule has 0 saturated carbocycles. The first-order valence-corrected chi connectivity index (χ1v) is 7.55. The van der Waals surface area contributed by atoms with Gasteiger partial charge in [0.2, 0.25) is 0 Å². The van der Waals surface area contributed by atoms with Gasteiger partial charge in [-0.25, -0.2) is 0 Å². The quantitative estimate of drug-likeness (QED) is 0.802. The standard InChI is InChI=1S/C17H15NO2S/c19-17-16(20-14-8-3-1-4-9-14)12-7-13-18(17)21-15-10-5-2-6-11-15/h1-11,13,16H,12H2. The summed E-state index contributed by atoms with van der Waals surface area (Å²) in [6.07, 6.45) is 3.91. The summed E-state index contributed by atoms with van der Waals surface area (Å²) in [6.45, 7) is 0. The highest BCUT2D eigenvalue weighted by molar-refractivity contribution is 7.97. The smallest absolute Gasteiger partial charge is 0.278 e. The monoisotopic (exact) mass is 297 g/mol. The number of rotatable bonds is 4. The minimum Gasteiger partial charge on any atom is -0.480 e. The van der Waals surface area contributed by atoms with E-state index in [1.807, 2.05) is 72.9 Å². The third kappa shape index (κ3) is 3.47. The molecule has 1 heterocycles. The summed E-state index contributed by atoms with van der Waals surface area (Å²) >= 11 is 1.40. The molecule has 0 N–H and O–H groups in total. The topological polar surface area (TPSA) is 29.5 Å². The first kappa shape index (κ1) is 13.8. The van der Waals surface area contributed by atoms with Gasteiger partial charge in [-0.05, 0) is 36.2 Å². The van der Waals surface area contributed by atoms with Crippen molar-refractivity contribution in [2.24, 2.45) is 0 Å². The van der Waals surface area contributed by atoms with E-state index in [1.54, 1.807) is 4.31 Å². The Morgan fingerprint density at radius 3 is 2.38 bits per heavy atom. The van der Waals surface area contributed by atoms with Gasteiger partial charge in [-0.1, -0.05) is 42.5 Å². The van der Waals surface area contributed by atoms with E-state index in [9.17, 15) is 4.79 Å². The number of hydrogen-bond donors (Lipinski definition) is 0. The molecule has 0 fully saturated rings. The molecule has 106 valence electrons. The van der Waals surface area contributed by atoms with Crippen molar-refractivity contribution in [2.45, 2.75) is 17.4 Å². The van der Waals surface area contributed by atoms with Gasteiger partial charge in [0, 0.05) is 17.5 Å². The second-order valence-electron chi connectivity index (χ2n) is 4.61. The van der Waals surface area contributed by atoms with Gasteiger partial charge in [-0.2, -0.15) is 0 Å². The molecule has 1 atom stereocenters. The molecule has 0 aliphatic carbocycles. The van der Waals surface area contributed by atoms with Gasteiger partial charge in [-0.3, -0.25) is 9.10 Å². The molecule has 0 saturated heterocycles. The van der Waals surface area contributed by atoms with E-state index in [0.29, 0.717) is 6.42 Å². The minimum absolute atomic E-state index is 0.0322. The Morgan fingerprint density at radius 1 is 1.00 bits per heavy atom. The van der Waals surface area contributed by atoms with Gasteiger partial charge >= 0.3 is 0 Å². The Labute approximate surface area is 128 Å². The van der Waals surface area contributed by atoms with Crippen molar-refractivity contribution in [1.82, 2.24) is 4.31 Å². The van der Waals surface area contributed by atoms with Gasteiger partial charge in [0.15, 0.2) is 6.10 Å². The summed E-state index contributed by atoms with van der Waals surface area (Å²) in [6, 6.07) is 19.3. The zero-order chi connectivity index (χ0) is 14.5. The fourth-order valence-corrected chi connectivity index (χ4v) is 2.89. The minimum atomic E-state index is -0.464. The van der Waals surface area contributed by atoms with Crippen molar-refractivity contribution in [2.75, 3.05) is 0 Å². The van der Waals surface area contributed by atoms with Crippen LogP contribution in [-0.4, -0.2) is 16.3 Å². The number of amides is 1. The molecule has 21 heavy (non-hydrogen) atoms. The average molecular weight is 297 g/mol. The lowest BCUT2D eigenvalue weighted by Crippen LogP contribution is -2.38. The largest absolute Gasteiger partial charge is 0.480 e. The van der Waals surface area contributed by atoms with Crippen LogP contribution in [0.25, 0.3) is 0 Å². The molecule has 2 aromatic rings.